The predicted molar refractivity (Wildman–Crippen MR) is 50.9 cm³/mol. The lowest BCUT2D eigenvalue weighted by molar-refractivity contribution is -0.119. The number of ketones is 1. The molecule has 1 rings (SSSR count). The van der Waals surface area contributed by atoms with Gasteiger partial charge >= 0.3 is 0 Å². The van der Waals surface area contributed by atoms with E-state index < -0.39 is 0 Å². The Bertz CT molecular complexity index is 203. The van der Waals surface area contributed by atoms with E-state index in [4.69, 9.17) is 0 Å². The largest absolute Gasteiger partial charge is 0.294 e. The van der Waals surface area contributed by atoms with Crippen molar-refractivity contribution in [2.24, 2.45) is 11.8 Å². The molecule has 0 fully saturated rings. The van der Waals surface area contributed by atoms with Gasteiger partial charge in [-0.1, -0.05) is 26.3 Å². The monoisotopic (exact) mass is 166 g/mol. The smallest absolute Gasteiger partial charge is 0.161 e. The summed E-state index contributed by atoms with van der Waals surface area (Å²) in [6.07, 6.45) is 5.67. The normalized spacial score (nSPS) is 30.2. The van der Waals surface area contributed by atoms with Crippen LogP contribution in [-0.4, -0.2) is 5.78 Å². The minimum atomic E-state index is 0.256. The zero-order valence-corrected chi connectivity index (χ0v) is 8.26. The summed E-state index contributed by atoms with van der Waals surface area (Å²) in [4.78, 5) is 11.4. The van der Waals surface area contributed by atoms with Gasteiger partial charge in [-0.2, -0.15) is 0 Å². The van der Waals surface area contributed by atoms with Gasteiger partial charge in [0.15, 0.2) is 5.78 Å². The second-order valence-electron chi connectivity index (χ2n) is 3.90. The van der Waals surface area contributed by atoms with E-state index >= 15 is 0 Å². The third-order valence-corrected chi connectivity index (χ3v) is 2.64. The molecule has 0 spiro atoms. The van der Waals surface area contributed by atoms with Crippen LogP contribution in [0.1, 0.15) is 40.0 Å². The highest BCUT2D eigenvalue weighted by Crippen LogP contribution is 2.27. The maximum absolute atomic E-state index is 11.4. The molecule has 2 unspecified atom stereocenters. The minimum Gasteiger partial charge on any atom is -0.294 e. The average Bonchev–Trinajstić information content (AvgIpc) is 2.01. The Morgan fingerprint density at radius 2 is 2.25 bits per heavy atom. The Labute approximate surface area is 74.9 Å². The first-order valence-corrected chi connectivity index (χ1v) is 4.87. The molecule has 12 heavy (non-hydrogen) atoms. The topological polar surface area (TPSA) is 17.1 Å². The van der Waals surface area contributed by atoms with Crippen molar-refractivity contribution < 1.29 is 4.79 Å². The van der Waals surface area contributed by atoms with Gasteiger partial charge in [-0.25, -0.2) is 0 Å². The summed E-state index contributed by atoms with van der Waals surface area (Å²) in [6, 6.07) is 0. The molecule has 0 saturated heterocycles. The van der Waals surface area contributed by atoms with E-state index in [2.05, 4.69) is 13.0 Å². The van der Waals surface area contributed by atoms with Crippen molar-refractivity contribution in [1.82, 2.24) is 0 Å². The fourth-order valence-electron chi connectivity index (χ4n) is 2.03. The number of hydrogen-bond acceptors (Lipinski definition) is 1. The molecule has 0 aliphatic heterocycles. The molecule has 1 aliphatic rings. The zero-order valence-electron chi connectivity index (χ0n) is 8.26. The molecule has 0 aromatic carbocycles. The van der Waals surface area contributed by atoms with E-state index in [0.717, 1.165) is 12.0 Å². The first-order chi connectivity index (χ1) is 5.65. The summed E-state index contributed by atoms with van der Waals surface area (Å²) in [5.74, 6) is 1.26. The molecule has 2 atom stereocenters. The van der Waals surface area contributed by atoms with Crippen molar-refractivity contribution in [3.63, 3.8) is 0 Å². The third kappa shape index (κ3) is 1.96. The fraction of sp³-hybridized carbons (Fsp3) is 0.727. The molecule has 1 heteroatoms. The van der Waals surface area contributed by atoms with E-state index in [9.17, 15) is 4.79 Å². The van der Waals surface area contributed by atoms with Gasteiger partial charge in [0.2, 0.25) is 0 Å². The Morgan fingerprint density at radius 3 is 2.75 bits per heavy atom. The molecule has 68 valence electrons. The second kappa shape index (κ2) is 3.88. The quantitative estimate of drug-likeness (QED) is 0.616. The third-order valence-electron chi connectivity index (χ3n) is 2.64. The van der Waals surface area contributed by atoms with Gasteiger partial charge in [-0.3, -0.25) is 4.79 Å². The molecule has 0 saturated carbocycles. The first-order valence-electron chi connectivity index (χ1n) is 4.87. The zero-order chi connectivity index (χ0) is 9.14. The van der Waals surface area contributed by atoms with Crippen LogP contribution in [0.15, 0.2) is 11.6 Å². The molecule has 0 amide bonds. The molecule has 0 aromatic heterocycles. The summed E-state index contributed by atoms with van der Waals surface area (Å²) < 4.78 is 0. The Balaban J connectivity index is 2.66. The standard InChI is InChI=1S/C11H18O/c1-4-5-10-6-8(2)11(12)9(3)7-10/h6,9-10H,4-5,7H2,1-3H3. The van der Waals surface area contributed by atoms with Crippen molar-refractivity contribution in [2.45, 2.75) is 40.0 Å². The molecular formula is C11H18O. The molecule has 0 aromatic rings. The second-order valence-corrected chi connectivity index (χ2v) is 3.90. The van der Waals surface area contributed by atoms with Crippen molar-refractivity contribution in [1.29, 1.82) is 0 Å². The summed E-state index contributed by atoms with van der Waals surface area (Å²) in [5, 5.41) is 0. The molecule has 0 N–H and O–H groups in total. The predicted octanol–water partition coefficient (Wildman–Crippen LogP) is 2.96. The van der Waals surface area contributed by atoms with Crippen molar-refractivity contribution in [2.75, 3.05) is 0 Å². The first kappa shape index (κ1) is 9.50. The summed E-state index contributed by atoms with van der Waals surface area (Å²) in [5.41, 5.74) is 0.979. The molecule has 1 aliphatic carbocycles. The van der Waals surface area contributed by atoms with Crippen LogP contribution < -0.4 is 0 Å². The number of carbonyl (C=O) groups is 1. The number of carbonyl (C=O) groups excluding carboxylic acids is 1. The van der Waals surface area contributed by atoms with Gasteiger partial charge in [-0.05, 0) is 31.3 Å². The summed E-state index contributed by atoms with van der Waals surface area (Å²) >= 11 is 0. The van der Waals surface area contributed by atoms with Crippen LogP contribution >= 0.6 is 0 Å². The Hall–Kier alpha value is -0.590. The number of allylic oxidation sites excluding steroid dienone is 2. The molecule has 0 radical (unpaired) electrons. The molecular weight excluding hydrogens is 148 g/mol. The van der Waals surface area contributed by atoms with Crippen molar-refractivity contribution in [3.8, 4) is 0 Å². The van der Waals surface area contributed by atoms with Crippen molar-refractivity contribution in [3.05, 3.63) is 11.6 Å². The van der Waals surface area contributed by atoms with Crippen LogP contribution in [0.5, 0.6) is 0 Å². The minimum absolute atomic E-state index is 0.256. The SMILES string of the molecule is CCCC1C=C(C)C(=O)C(C)C1. The number of Topliss-reactive ketones (excluding diaryl/α,β-unsaturated/α-hetero) is 1. The highest BCUT2D eigenvalue weighted by atomic mass is 16.1. The van der Waals surface area contributed by atoms with Gasteiger partial charge in [0.05, 0.1) is 0 Å². The van der Waals surface area contributed by atoms with Gasteiger partial charge < -0.3 is 0 Å². The van der Waals surface area contributed by atoms with E-state index in [-0.39, 0.29) is 5.92 Å². The lowest BCUT2D eigenvalue weighted by Gasteiger charge is -2.23. The number of hydrogen-bond donors (Lipinski definition) is 0. The highest BCUT2D eigenvalue weighted by Gasteiger charge is 2.23. The Morgan fingerprint density at radius 1 is 1.58 bits per heavy atom. The van der Waals surface area contributed by atoms with Crippen LogP contribution in [0, 0.1) is 11.8 Å². The van der Waals surface area contributed by atoms with Crippen LogP contribution in [0.3, 0.4) is 0 Å². The van der Waals surface area contributed by atoms with Crippen molar-refractivity contribution >= 4 is 5.78 Å². The fourth-order valence-corrected chi connectivity index (χ4v) is 2.03. The Kier molecular flexibility index (Phi) is 3.07. The van der Waals surface area contributed by atoms with E-state index in [1.54, 1.807) is 0 Å². The van der Waals surface area contributed by atoms with Crippen LogP contribution in [0.4, 0.5) is 0 Å². The maximum Gasteiger partial charge on any atom is 0.161 e. The van der Waals surface area contributed by atoms with Crippen LogP contribution in [0.2, 0.25) is 0 Å². The maximum atomic E-state index is 11.4. The summed E-state index contributed by atoms with van der Waals surface area (Å²) in [7, 11) is 0. The van der Waals surface area contributed by atoms with Gasteiger partial charge in [0.25, 0.3) is 0 Å². The van der Waals surface area contributed by atoms with E-state index in [0.29, 0.717) is 11.7 Å². The molecule has 0 bridgehead atoms. The lowest BCUT2D eigenvalue weighted by atomic mass is 9.81. The highest BCUT2D eigenvalue weighted by molar-refractivity contribution is 5.97. The van der Waals surface area contributed by atoms with E-state index in [1.807, 2.05) is 13.8 Å². The van der Waals surface area contributed by atoms with E-state index in [1.165, 1.54) is 12.8 Å². The van der Waals surface area contributed by atoms with Crippen LogP contribution in [0.25, 0.3) is 0 Å². The van der Waals surface area contributed by atoms with Crippen LogP contribution in [-0.2, 0) is 4.79 Å². The lowest BCUT2D eigenvalue weighted by Crippen LogP contribution is -2.21. The molecule has 1 nitrogen and oxygen atoms in total. The van der Waals surface area contributed by atoms with Gasteiger partial charge in [0.1, 0.15) is 0 Å². The summed E-state index contributed by atoms with van der Waals surface area (Å²) in [6.45, 7) is 6.19. The number of rotatable bonds is 2. The van der Waals surface area contributed by atoms with Gasteiger partial charge in [-0.15, -0.1) is 0 Å². The van der Waals surface area contributed by atoms with Gasteiger partial charge in [0, 0.05) is 5.92 Å². The molecule has 0 heterocycles. The average molecular weight is 166 g/mol.